The van der Waals surface area contributed by atoms with Gasteiger partial charge in [-0.3, -0.25) is 4.79 Å². The molecule has 2 heterocycles. The zero-order chi connectivity index (χ0) is 23.2. The number of hydrogen-bond donors (Lipinski definition) is 3. The first-order valence-corrected chi connectivity index (χ1v) is 10.5. The Hall–Kier alpha value is -4.17. The molecule has 0 radical (unpaired) electrons. The highest BCUT2D eigenvalue weighted by molar-refractivity contribution is 6.30. The van der Waals surface area contributed by atoms with Crippen LogP contribution in [0.15, 0.2) is 85.3 Å². The number of amides is 3. The van der Waals surface area contributed by atoms with Crippen LogP contribution in [0, 0.1) is 0 Å². The Morgan fingerprint density at radius 1 is 1.00 bits per heavy atom. The Kier molecular flexibility index (Phi) is 6.66. The van der Waals surface area contributed by atoms with Gasteiger partial charge in [-0.15, -0.1) is 0 Å². The third-order valence-corrected chi connectivity index (χ3v) is 5.17. The number of aromatic nitrogens is 3. The number of urea groups is 1. The smallest absolute Gasteiger partial charge is 0.322 e. The zero-order valence-electron chi connectivity index (χ0n) is 17.7. The molecule has 1 atom stereocenters. The molecule has 0 aliphatic rings. The van der Waals surface area contributed by atoms with Gasteiger partial charge < -0.3 is 20.5 Å². The minimum atomic E-state index is -0.413. The Labute approximate surface area is 195 Å². The third kappa shape index (κ3) is 5.36. The number of H-pyrrole nitrogens is 1. The van der Waals surface area contributed by atoms with Crippen LogP contribution in [0.3, 0.4) is 0 Å². The number of nitrogens with zero attached hydrogens (tertiary/aromatic N) is 3. The second-order valence-corrected chi connectivity index (χ2v) is 7.66. The largest absolute Gasteiger partial charge is 0.347 e. The van der Waals surface area contributed by atoms with Crippen LogP contribution in [0.2, 0.25) is 5.02 Å². The molecule has 4 rings (SSSR count). The maximum absolute atomic E-state index is 13.1. The highest BCUT2D eigenvalue weighted by atomic mass is 35.5. The van der Waals surface area contributed by atoms with Gasteiger partial charge in [-0.1, -0.05) is 48.0 Å². The van der Waals surface area contributed by atoms with E-state index < -0.39 is 6.04 Å². The van der Waals surface area contributed by atoms with Gasteiger partial charge in [-0.2, -0.15) is 0 Å². The number of anilines is 2. The summed E-state index contributed by atoms with van der Waals surface area (Å²) in [5, 5.41) is 6.03. The number of benzene rings is 2. The van der Waals surface area contributed by atoms with Crippen LogP contribution in [0.1, 0.15) is 27.8 Å². The van der Waals surface area contributed by atoms with E-state index in [1.54, 1.807) is 60.7 Å². The van der Waals surface area contributed by atoms with Crippen LogP contribution in [-0.4, -0.2) is 38.8 Å². The molecule has 0 spiro atoms. The minimum Gasteiger partial charge on any atom is -0.347 e. The number of aromatic amines is 1. The van der Waals surface area contributed by atoms with E-state index in [2.05, 4.69) is 25.6 Å². The molecule has 0 saturated heterocycles. The van der Waals surface area contributed by atoms with Crippen molar-refractivity contribution in [2.75, 3.05) is 17.7 Å². The normalized spacial score (nSPS) is 11.5. The Morgan fingerprint density at radius 2 is 1.82 bits per heavy atom. The van der Waals surface area contributed by atoms with Crippen molar-refractivity contribution in [3.8, 4) is 0 Å². The average molecular weight is 461 g/mol. The van der Waals surface area contributed by atoms with Crippen LogP contribution in [0.4, 0.5) is 16.3 Å². The van der Waals surface area contributed by atoms with E-state index in [0.717, 1.165) is 5.56 Å². The van der Waals surface area contributed by atoms with Crippen LogP contribution in [-0.2, 0) is 0 Å². The van der Waals surface area contributed by atoms with Gasteiger partial charge in [0.05, 0.1) is 5.02 Å². The lowest BCUT2D eigenvalue weighted by atomic mass is 10.1. The maximum Gasteiger partial charge on any atom is 0.322 e. The van der Waals surface area contributed by atoms with Crippen molar-refractivity contribution in [3.05, 3.63) is 107 Å². The van der Waals surface area contributed by atoms with E-state index in [9.17, 15) is 9.59 Å². The second-order valence-electron chi connectivity index (χ2n) is 7.23. The Balaban J connectivity index is 1.49. The fraction of sp³-hybridized carbons (Fsp3) is 0.0833. The van der Waals surface area contributed by atoms with Gasteiger partial charge in [-0.25, -0.2) is 14.8 Å². The van der Waals surface area contributed by atoms with E-state index in [0.29, 0.717) is 27.9 Å². The first kappa shape index (κ1) is 22.0. The number of imidazole rings is 1. The third-order valence-electron chi connectivity index (χ3n) is 4.95. The first-order valence-electron chi connectivity index (χ1n) is 10.1. The number of nitrogens with one attached hydrogen (secondary N) is 3. The summed E-state index contributed by atoms with van der Waals surface area (Å²) in [5.41, 5.74) is 1.77. The van der Waals surface area contributed by atoms with Gasteiger partial charge in [0.15, 0.2) is 0 Å². The predicted molar refractivity (Wildman–Crippen MR) is 127 cm³/mol. The van der Waals surface area contributed by atoms with Crippen molar-refractivity contribution in [1.29, 1.82) is 0 Å². The fourth-order valence-corrected chi connectivity index (χ4v) is 3.44. The summed E-state index contributed by atoms with van der Waals surface area (Å²) in [5.74, 6) is 0.664. The molecule has 8 nitrogen and oxygen atoms in total. The molecule has 0 aliphatic heterocycles. The number of carbonyl (C=O) groups excluding carboxylic acids is 2. The number of carbonyl (C=O) groups is 2. The lowest BCUT2D eigenvalue weighted by Gasteiger charge is -2.27. The van der Waals surface area contributed by atoms with Crippen LogP contribution in [0.5, 0.6) is 0 Å². The molecule has 33 heavy (non-hydrogen) atoms. The molecule has 2 aromatic carbocycles. The highest BCUT2D eigenvalue weighted by Gasteiger charge is 2.25. The van der Waals surface area contributed by atoms with Gasteiger partial charge >= 0.3 is 6.03 Å². The van der Waals surface area contributed by atoms with Gasteiger partial charge in [0.25, 0.3) is 5.91 Å². The van der Waals surface area contributed by atoms with Gasteiger partial charge in [0.1, 0.15) is 17.7 Å². The average Bonchev–Trinajstić information content (AvgIpc) is 3.36. The zero-order valence-corrected chi connectivity index (χ0v) is 18.5. The summed E-state index contributed by atoms with van der Waals surface area (Å²) >= 11 is 5.83. The number of rotatable bonds is 6. The van der Waals surface area contributed by atoms with E-state index >= 15 is 0 Å². The topological polar surface area (TPSA) is 103 Å². The monoisotopic (exact) mass is 460 g/mol. The maximum atomic E-state index is 13.1. The quantitative estimate of drug-likeness (QED) is 0.378. The highest BCUT2D eigenvalue weighted by Crippen LogP contribution is 2.26. The first-order chi connectivity index (χ1) is 16.0. The standard InChI is InChI=1S/C24H21ClN6O2/c1-31(21(22-26-12-13-27-22)16-6-3-2-4-7-16)24(33)29-19-9-5-8-17(14-19)23(32)30-20-11-10-18(25)15-28-20/h2-15,21H,1H3,(H,26,27)(H,29,33)(H,28,30,32). The molecule has 166 valence electrons. The molecule has 3 amide bonds. The minimum absolute atomic E-state index is 0.350. The second kappa shape index (κ2) is 9.97. The number of pyridine rings is 1. The van der Waals surface area contributed by atoms with E-state index in [-0.39, 0.29) is 11.9 Å². The summed E-state index contributed by atoms with van der Waals surface area (Å²) in [6, 6.07) is 18.8. The van der Waals surface area contributed by atoms with Crippen molar-refractivity contribution in [3.63, 3.8) is 0 Å². The molecule has 9 heteroatoms. The van der Waals surface area contributed by atoms with Gasteiger partial charge in [0.2, 0.25) is 0 Å². The molecule has 0 fully saturated rings. The molecule has 0 bridgehead atoms. The predicted octanol–water partition coefficient (Wildman–Crippen LogP) is 4.96. The summed E-state index contributed by atoms with van der Waals surface area (Å²) in [4.78, 5) is 38.7. The summed E-state index contributed by atoms with van der Waals surface area (Å²) in [7, 11) is 1.69. The van der Waals surface area contributed by atoms with Crippen molar-refractivity contribution in [2.45, 2.75) is 6.04 Å². The molecular weight excluding hydrogens is 440 g/mol. The van der Waals surface area contributed by atoms with Crippen molar-refractivity contribution in [2.24, 2.45) is 0 Å². The Bertz CT molecular complexity index is 1230. The fourth-order valence-electron chi connectivity index (χ4n) is 3.33. The molecular formula is C24H21ClN6O2. The van der Waals surface area contributed by atoms with Crippen molar-refractivity contribution in [1.82, 2.24) is 19.9 Å². The van der Waals surface area contributed by atoms with E-state index in [4.69, 9.17) is 11.6 Å². The van der Waals surface area contributed by atoms with Crippen molar-refractivity contribution >= 4 is 35.0 Å². The SMILES string of the molecule is CN(C(=O)Nc1cccc(C(=O)Nc2ccc(Cl)cn2)c1)C(c1ccccc1)c1ncc[nH]1. The van der Waals surface area contributed by atoms with Crippen LogP contribution >= 0.6 is 11.6 Å². The van der Waals surface area contributed by atoms with Crippen molar-refractivity contribution < 1.29 is 9.59 Å². The van der Waals surface area contributed by atoms with Gasteiger partial charge in [0, 0.05) is 36.9 Å². The molecule has 0 aliphatic carbocycles. The summed E-state index contributed by atoms with van der Waals surface area (Å²) in [6.07, 6.45) is 4.81. The van der Waals surface area contributed by atoms with Crippen LogP contribution in [0.25, 0.3) is 0 Å². The van der Waals surface area contributed by atoms with E-state index in [1.807, 2.05) is 30.3 Å². The molecule has 1 unspecified atom stereocenters. The lowest BCUT2D eigenvalue weighted by molar-refractivity contribution is 0.102. The molecule has 0 saturated carbocycles. The molecule has 3 N–H and O–H groups in total. The van der Waals surface area contributed by atoms with Gasteiger partial charge in [-0.05, 0) is 35.9 Å². The summed E-state index contributed by atoms with van der Waals surface area (Å²) in [6.45, 7) is 0. The Morgan fingerprint density at radius 3 is 2.52 bits per heavy atom. The number of hydrogen-bond acceptors (Lipinski definition) is 4. The number of halogens is 1. The summed E-state index contributed by atoms with van der Waals surface area (Å²) < 4.78 is 0. The molecule has 4 aromatic rings. The van der Waals surface area contributed by atoms with E-state index in [1.165, 1.54) is 6.20 Å². The molecule has 2 aromatic heterocycles. The van der Waals surface area contributed by atoms with Crippen LogP contribution < -0.4 is 10.6 Å². The lowest BCUT2D eigenvalue weighted by Crippen LogP contribution is -2.36.